The van der Waals surface area contributed by atoms with E-state index in [9.17, 15) is 0 Å². The van der Waals surface area contributed by atoms with Crippen LogP contribution in [0.4, 0.5) is 0 Å². The third kappa shape index (κ3) is 3.32. The maximum Gasteiger partial charge on any atom is 0.0346 e. The standard InChI is InChI=1S/C17H24N2/c1-17(2,3)16(18-4)9-8-13-6-5-7-14-12-19-11-10-15(13)14/h5-7,10-12,16,18H,8-9H2,1-4H3. The van der Waals surface area contributed by atoms with Crippen LogP contribution in [0.5, 0.6) is 0 Å². The number of pyridine rings is 1. The predicted molar refractivity (Wildman–Crippen MR) is 82.4 cm³/mol. The summed E-state index contributed by atoms with van der Waals surface area (Å²) in [6, 6.07) is 9.15. The molecular formula is C17H24N2. The molecule has 0 radical (unpaired) electrons. The van der Waals surface area contributed by atoms with Crippen molar-refractivity contribution in [3.8, 4) is 0 Å². The lowest BCUT2D eigenvalue weighted by molar-refractivity contribution is 0.268. The van der Waals surface area contributed by atoms with Crippen molar-refractivity contribution in [3.05, 3.63) is 42.2 Å². The fourth-order valence-electron chi connectivity index (χ4n) is 2.72. The Morgan fingerprint density at radius 3 is 2.68 bits per heavy atom. The van der Waals surface area contributed by atoms with E-state index in [2.05, 4.69) is 62.4 Å². The minimum atomic E-state index is 0.293. The predicted octanol–water partition coefficient (Wildman–Crippen LogP) is 3.80. The molecule has 0 aliphatic rings. The summed E-state index contributed by atoms with van der Waals surface area (Å²) in [5.74, 6) is 0. The van der Waals surface area contributed by atoms with Crippen molar-refractivity contribution < 1.29 is 0 Å². The van der Waals surface area contributed by atoms with Gasteiger partial charge in [0.1, 0.15) is 0 Å². The largest absolute Gasteiger partial charge is 0.316 e. The highest BCUT2D eigenvalue weighted by Crippen LogP contribution is 2.25. The second kappa shape index (κ2) is 5.70. The van der Waals surface area contributed by atoms with Gasteiger partial charge in [-0.2, -0.15) is 0 Å². The molecule has 1 unspecified atom stereocenters. The van der Waals surface area contributed by atoms with Gasteiger partial charge >= 0.3 is 0 Å². The smallest absolute Gasteiger partial charge is 0.0346 e. The number of nitrogens with one attached hydrogen (secondary N) is 1. The number of aromatic nitrogens is 1. The molecule has 2 nitrogen and oxygen atoms in total. The Labute approximate surface area is 116 Å². The summed E-state index contributed by atoms with van der Waals surface area (Å²) < 4.78 is 0. The molecule has 0 spiro atoms. The van der Waals surface area contributed by atoms with Crippen LogP contribution >= 0.6 is 0 Å². The van der Waals surface area contributed by atoms with E-state index in [-0.39, 0.29) is 0 Å². The maximum atomic E-state index is 4.19. The second-order valence-electron chi connectivity index (χ2n) is 6.26. The van der Waals surface area contributed by atoms with Crippen LogP contribution in [0.15, 0.2) is 36.7 Å². The number of fused-ring (bicyclic) bond motifs is 1. The summed E-state index contributed by atoms with van der Waals surface area (Å²) in [7, 11) is 2.06. The Hall–Kier alpha value is -1.41. The van der Waals surface area contributed by atoms with Gasteiger partial charge in [0.2, 0.25) is 0 Å². The van der Waals surface area contributed by atoms with Gasteiger partial charge in [-0.3, -0.25) is 4.98 Å². The molecule has 102 valence electrons. The number of aryl methyl sites for hydroxylation is 1. The first-order valence-electron chi connectivity index (χ1n) is 7.01. The molecule has 0 aliphatic heterocycles. The topological polar surface area (TPSA) is 24.9 Å². The summed E-state index contributed by atoms with van der Waals surface area (Å²) in [4.78, 5) is 4.19. The number of hydrogen-bond acceptors (Lipinski definition) is 2. The van der Waals surface area contributed by atoms with E-state index in [1.165, 1.54) is 16.3 Å². The molecule has 1 N–H and O–H groups in total. The molecule has 0 aliphatic carbocycles. The van der Waals surface area contributed by atoms with Crippen LogP contribution in [0.2, 0.25) is 0 Å². The monoisotopic (exact) mass is 256 g/mol. The van der Waals surface area contributed by atoms with Gasteiger partial charge in [0.25, 0.3) is 0 Å². The number of nitrogens with zero attached hydrogens (tertiary/aromatic N) is 1. The van der Waals surface area contributed by atoms with Crippen molar-refractivity contribution in [1.82, 2.24) is 10.3 Å². The van der Waals surface area contributed by atoms with Crippen LogP contribution in [0.3, 0.4) is 0 Å². The molecule has 0 saturated heterocycles. The fraction of sp³-hybridized carbons (Fsp3) is 0.471. The van der Waals surface area contributed by atoms with Gasteiger partial charge < -0.3 is 5.32 Å². The zero-order valence-corrected chi connectivity index (χ0v) is 12.4. The van der Waals surface area contributed by atoms with Gasteiger partial charge in [0.15, 0.2) is 0 Å². The van der Waals surface area contributed by atoms with Gasteiger partial charge in [-0.05, 0) is 42.3 Å². The van der Waals surface area contributed by atoms with Crippen LogP contribution in [-0.2, 0) is 6.42 Å². The zero-order chi connectivity index (χ0) is 13.9. The fourth-order valence-corrected chi connectivity index (χ4v) is 2.72. The van der Waals surface area contributed by atoms with Crippen molar-refractivity contribution in [2.75, 3.05) is 7.05 Å². The molecule has 1 atom stereocenters. The molecule has 0 fully saturated rings. The Kier molecular flexibility index (Phi) is 4.20. The minimum absolute atomic E-state index is 0.293. The highest BCUT2D eigenvalue weighted by atomic mass is 14.9. The first-order valence-corrected chi connectivity index (χ1v) is 7.01. The Balaban J connectivity index is 2.18. The molecule has 2 rings (SSSR count). The van der Waals surface area contributed by atoms with E-state index >= 15 is 0 Å². The molecule has 0 saturated carbocycles. The van der Waals surface area contributed by atoms with Crippen LogP contribution in [-0.4, -0.2) is 18.1 Å². The highest BCUT2D eigenvalue weighted by molar-refractivity contribution is 5.84. The van der Waals surface area contributed by atoms with E-state index < -0.39 is 0 Å². The van der Waals surface area contributed by atoms with Crippen LogP contribution in [0, 0.1) is 5.41 Å². The SMILES string of the molecule is CNC(CCc1cccc2cnccc12)C(C)(C)C. The summed E-state index contributed by atoms with van der Waals surface area (Å²) in [5, 5.41) is 6.02. The number of rotatable bonds is 4. The molecule has 1 aromatic carbocycles. The number of hydrogen-bond donors (Lipinski definition) is 1. The third-order valence-corrected chi connectivity index (χ3v) is 3.87. The Bertz CT molecular complexity index is 535. The number of benzene rings is 1. The Morgan fingerprint density at radius 1 is 1.21 bits per heavy atom. The first kappa shape index (κ1) is 14.0. The maximum absolute atomic E-state index is 4.19. The van der Waals surface area contributed by atoms with Crippen molar-refractivity contribution in [3.63, 3.8) is 0 Å². The van der Waals surface area contributed by atoms with E-state index in [0.717, 1.165) is 12.8 Å². The first-order chi connectivity index (χ1) is 9.02. The van der Waals surface area contributed by atoms with Gasteiger partial charge in [-0.1, -0.05) is 39.0 Å². The lowest BCUT2D eigenvalue weighted by Gasteiger charge is -2.30. The van der Waals surface area contributed by atoms with Crippen LogP contribution in [0.25, 0.3) is 10.8 Å². The Morgan fingerprint density at radius 2 is 2.00 bits per heavy atom. The molecular weight excluding hydrogens is 232 g/mol. The quantitative estimate of drug-likeness (QED) is 0.900. The highest BCUT2D eigenvalue weighted by Gasteiger charge is 2.22. The molecule has 19 heavy (non-hydrogen) atoms. The molecule has 1 aromatic heterocycles. The molecule has 2 aromatic rings. The summed E-state index contributed by atoms with van der Waals surface area (Å²) >= 11 is 0. The summed E-state index contributed by atoms with van der Waals surface area (Å²) in [5.41, 5.74) is 1.71. The van der Waals surface area contributed by atoms with Gasteiger partial charge in [-0.25, -0.2) is 0 Å². The molecule has 0 amide bonds. The van der Waals surface area contributed by atoms with Crippen molar-refractivity contribution in [1.29, 1.82) is 0 Å². The lowest BCUT2D eigenvalue weighted by atomic mass is 9.83. The third-order valence-electron chi connectivity index (χ3n) is 3.87. The van der Waals surface area contributed by atoms with Gasteiger partial charge in [0, 0.05) is 23.8 Å². The second-order valence-corrected chi connectivity index (χ2v) is 6.26. The van der Waals surface area contributed by atoms with E-state index in [1.807, 2.05) is 12.4 Å². The molecule has 2 heteroatoms. The average molecular weight is 256 g/mol. The average Bonchev–Trinajstić information content (AvgIpc) is 2.38. The van der Waals surface area contributed by atoms with Gasteiger partial charge in [-0.15, -0.1) is 0 Å². The molecule has 1 heterocycles. The van der Waals surface area contributed by atoms with Crippen molar-refractivity contribution >= 4 is 10.8 Å². The van der Waals surface area contributed by atoms with Crippen molar-refractivity contribution in [2.45, 2.75) is 39.7 Å². The van der Waals surface area contributed by atoms with E-state index in [0.29, 0.717) is 11.5 Å². The minimum Gasteiger partial charge on any atom is -0.316 e. The van der Waals surface area contributed by atoms with Crippen LogP contribution < -0.4 is 5.32 Å². The van der Waals surface area contributed by atoms with E-state index in [4.69, 9.17) is 0 Å². The van der Waals surface area contributed by atoms with Gasteiger partial charge in [0.05, 0.1) is 0 Å². The van der Waals surface area contributed by atoms with E-state index in [1.54, 1.807) is 0 Å². The zero-order valence-electron chi connectivity index (χ0n) is 12.4. The van der Waals surface area contributed by atoms with Crippen LogP contribution in [0.1, 0.15) is 32.8 Å². The normalized spacial score (nSPS) is 13.7. The lowest BCUT2D eigenvalue weighted by Crippen LogP contribution is -2.38. The molecule has 0 bridgehead atoms. The van der Waals surface area contributed by atoms with Crippen molar-refractivity contribution in [2.24, 2.45) is 5.41 Å². The summed E-state index contributed by atoms with van der Waals surface area (Å²) in [6.45, 7) is 6.88. The summed E-state index contributed by atoms with van der Waals surface area (Å²) in [6.07, 6.45) is 6.08.